The van der Waals surface area contributed by atoms with Crippen molar-refractivity contribution >= 4 is 21.7 Å². The monoisotopic (exact) mass is 281 g/mol. The fraction of sp³-hybridized carbons (Fsp3) is 0.0909. The molecule has 19 heavy (non-hydrogen) atoms. The molecule has 0 aliphatic heterocycles. The minimum absolute atomic E-state index is 0.0158. The van der Waals surface area contributed by atoms with E-state index in [1.807, 2.05) is 0 Å². The molecule has 0 saturated carbocycles. The molecule has 0 aliphatic rings. The minimum atomic E-state index is -3.87. The van der Waals surface area contributed by atoms with Crippen molar-refractivity contribution in [3.63, 3.8) is 0 Å². The Hall–Kier alpha value is -2.35. The van der Waals surface area contributed by atoms with E-state index in [1.165, 1.54) is 18.3 Å². The molecule has 0 spiro atoms. The van der Waals surface area contributed by atoms with Crippen molar-refractivity contribution in [3.8, 4) is 0 Å². The van der Waals surface area contributed by atoms with Gasteiger partial charge < -0.3 is 5.11 Å². The lowest BCUT2D eigenvalue weighted by Crippen LogP contribution is -2.16. The third-order valence-corrected chi connectivity index (χ3v) is 3.79. The first kappa shape index (κ1) is 13.1. The molecule has 8 heteroatoms. The summed E-state index contributed by atoms with van der Waals surface area (Å²) < 4.78 is 26.2. The van der Waals surface area contributed by atoms with Gasteiger partial charge >= 0.3 is 5.97 Å². The molecule has 0 amide bonds. The summed E-state index contributed by atoms with van der Waals surface area (Å²) in [5.74, 6) is -1.19. The van der Waals surface area contributed by atoms with E-state index in [-0.39, 0.29) is 16.3 Å². The number of anilines is 1. The number of carboxylic acid groups (broad SMARTS) is 1. The molecule has 0 unspecified atom stereocenters. The number of hydrogen-bond acceptors (Lipinski definition) is 4. The number of sulfonamides is 1. The molecule has 1 heterocycles. The van der Waals surface area contributed by atoms with Gasteiger partial charge in [-0.25, -0.2) is 4.79 Å². The van der Waals surface area contributed by atoms with Crippen LogP contribution in [0.2, 0.25) is 0 Å². The lowest BCUT2D eigenvalue weighted by Gasteiger charge is -2.10. The van der Waals surface area contributed by atoms with Gasteiger partial charge in [0.1, 0.15) is 0 Å². The van der Waals surface area contributed by atoms with Crippen LogP contribution in [0.5, 0.6) is 0 Å². The number of benzene rings is 1. The summed E-state index contributed by atoms with van der Waals surface area (Å²) in [6.07, 6.45) is 1.29. The van der Waals surface area contributed by atoms with Crippen LogP contribution in [0.4, 0.5) is 5.69 Å². The molecule has 0 atom stereocenters. The van der Waals surface area contributed by atoms with Gasteiger partial charge in [-0.3, -0.25) is 9.82 Å². The first-order valence-electron chi connectivity index (χ1n) is 5.27. The minimum Gasteiger partial charge on any atom is -0.478 e. The number of aromatic nitrogens is 2. The predicted octanol–water partition coefficient (Wildman–Crippen LogP) is 1.22. The Balaban J connectivity index is 2.45. The smallest absolute Gasteiger partial charge is 0.338 e. The van der Waals surface area contributed by atoms with Crippen molar-refractivity contribution in [1.82, 2.24) is 10.2 Å². The Morgan fingerprint density at radius 1 is 1.37 bits per heavy atom. The first-order chi connectivity index (χ1) is 8.92. The highest BCUT2D eigenvalue weighted by Crippen LogP contribution is 2.22. The van der Waals surface area contributed by atoms with Crippen molar-refractivity contribution in [1.29, 1.82) is 0 Å². The van der Waals surface area contributed by atoms with Crippen LogP contribution in [0.15, 0.2) is 35.5 Å². The lowest BCUT2D eigenvalue weighted by molar-refractivity contribution is 0.0697. The Morgan fingerprint density at radius 2 is 2.11 bits per heavy atom. The van der Waals surface area contributed by atoms with E-state index in [0.717, 1.165) is 0 Å². The van der Waals surface area contributed by atoms with Crippen LogP contribution >= 0.6 is 0 Å². The number of H-pyrrole nitrogens is 1. The first-order valence-corrected chi connectivity index (χ1v) is 6.75. The number of nitrogens with zero attached hydrogens (tertiary/aromatic N) is 1. The van der Waals surface area contributed by atoms with Gasteiger partial charge in [0.05, 0.1) is 17.4 Å². The second-order valence-corrected chi connectivity index (χ2v) is 5.48. The second kappa shape index (κ2) is 4.73. The van der Waals surface area contributed by atoms with Gasteiger partial charge in [-0.2, -0.15) is 13.5 Å². The van der Waals surface area contributed by atoms with Crippen LogP contribution in [-0.2, 0) is 10.0 Å². The summed E-state index contributed by atoms with van der Waals surface area (Å²) in [7, 11) is -3.87. The quantitative estimate of drug-likeness (QED) is 0.780. The summed E-state index contributed by atoms with van der Waals surface area (Å²) in [4.78, 5) is 11.2. The van der Waals surface area contributed by atoms with Crippen LogP contribution in [0.3, 0.4) is 0 Å². The Kier molecular flexibility index (Phi) is 3.26. The average Bonchev–Trinajstić information content (AvgIpc) is 2.81. The molecule has 0 bridgehead atoms. The molecule has 2 rings (SSSR count). The standard InChI is InChI=1S/C11H11N3O4S/c1-7-3-2-4-8(10(7)11(15)16)14-19(17,18)9-5-6-12-13-9/h2-6,14H,1H3,(H,12,13)(H,15,16). The number of rotatable bonds is 4. The van der Waals surface area contributed by atoms with Crippen molar-refractivity contribution < 1.29 is 18.3 Å². The number of aromatic carboxylic acids is 1. The largest absolute Gasteiger partial charge is 0.478 e. The molecule has 1 aromatic carbocycles. The Bertz CT molecular complexity index is 708. The van der Waals surface area contributed by atoms with Gasteiger partial charge in [0.2, 0.25) is 0 Å². The molecule has 3 N–H and O–H groups in total. The van der Waals surface area contributed by atoms with Crippen LogP contribution in [0.25, 0.3) is 0 Å². The lowest BCUT2D eigenvalue weighted by atomic mass is 10.1. The molecule has 2 aromatic rings. The van der Waals surface area contributed by atoms with Gasteiger partial charge in [0.15, 0.2) is 5.03 Å². The van der Waals surface area contributed by atoms with Crippen molar-refractivity contribution in [2.45, 2.75) is 11.9 Å². The fourth-order valence-electron chi connectivity index (χ4n) is 1.63. The van der Waals surface area contributed by atoms with Gasteiger partial charge in [0.25, 0.3) is 10.0 Å². The maximum absolute atomic E-state index is 12.0. The average molecular weight is 281 g/mol. The Morgan fingerprint density at radius 3 is 2.68 bits per heavy atom. The Labute approximate surface area is 109 Å². The molecule has 7 nitrogen and oxygen atoms in total. The van der Waals surface area contributed by atoms with E-state index in [0.29, 0.717) is 5.56 Å². The van der Waals surface area contributed by atoms with E-state index >= 15 is 0 Å². The van der Waals surface area contributed by atoms with E-state index < -0.39 is 16.0 Å². The molecular formula is C11H11N3O4S. The number of nitrogens with one attached hydrogen (secondary N) is 2. The van der Waals surface area contributed by atoms with Crippen molar-refractivity contribution in [2.75, 3.05) is 4.72 Å². The van der Waals surface area contributed by atoms with Crippen LogP contribution < -0.4 is 4.72 Å². The number of hydrogen-bond donors (Lipinski definition) is 3. The SMILES string of the molecule is Cc1cccc(NS(=O)(=O)c2ccn[nH]2)c1C(=O)O. The molecule has 1 aromatic heterocycles. The summed E-state index contributed by atoms with van der Waals surface area (Å²) >= 11 is 0. The summed E-state index contributed by atoms with van der Waals surface area (Å²) in [6.45, 7) is 1.59. The number of aryl methyl sites for hydroxylation is 1. The zero-order chi connectivity index (χ0) is 14.0. The predicted molar refractivity (Wildman–Crippen MR) is 67.5 cm³/mol. The van der Waals surface area contributed by atoms with E-state index in [2.05, 4.69) is 14.9 Å². The molecule has 0 radical (unpaired) electrons. The summed E-state index contributed by atoms with van der Waals surface area (Å²) in [6, 6.07) is 5.84. The van der Waals surface area contributed by atoms with Gasteiger partial charge in [0, 0.05) is 0 Å². The van der Waals surface area contributed by atoms with Crippen molar-refractivity contribution in [3.05, 3.63) is 41.6 Å². The van der Waals surface area contributed by atoms with Crippen LogP contribution in [-0.4, -0.2) is 29.7 Å². The van der Waals surface area contributed by atoms with Crippen molar-refractivity contribution in [2.24, 2.45) is 0 Å². The van der Waals surface area contributed by atoms with E-state index in [9.17, 15) is 13.2 Å². The highest BCUT2D eigenvalue weighted by atomic mass is 32.2. The third kappa shape index (κ3) is 2.58. The maximum atomic E-state index is 12.0. The number of carboxylic acids is 1. The van der Waals surface area contributed by atoms with Gasteiger partial charge in [-0.05, 0) is 24.6 Å². The maximum Gasteiger partial charge on any atom is 0.338 e. The van der Waals surface area contributed by atoms with E-state index in [1.54, 1.807) is 19.1 Å². The van der Waals surface area contributed by atoms with E-state index in [4.69, 9.17) is 5.11 Å². The van der Waals surface area contributed by atoms with Crippen LogP contribution in [0.1, 0.15) is 15.9 Å². The fourth-order valence-corrected chi connectivity index (χ4v) is 2.61. The molecular weight excluding hydrogens is 270 g/mol. The molecule has 0 aliphatic carbocycles. The number of aromatic amines is 1. The van der Waals surface area contributed by atoms with Crippen LogP contribution in [0, 0.1) is 6.92 Å². The normalized spacial score (nSPS) is 11.2. The third-order valence-electron chi connectivity index (χ3n) is 2.50. The highest BCUT2D eigenvalue weighted by molar-refractivity contribution is 7.92. The second-order valence-electron chi connectivity index (χ2n) is 3.83. The molecule has 0 fully saturated rings. The highest BCUT2D eigenvalue weighted by Gasteiger charge is 2.20. The topological polar surface area (TPSA) is 112 Å². The summed E-state index contributed by atoms with van der Waals surface area (Å²) in [5, 5.41) is 14.8. The zero-order valence-corrected chi connectivity index (χ0v) is 10.7. The summed E-state index contributed by atoms with van der Waals surface area (Å²) in [5.41, 5.74) is 0.407. The molecule has 0 saturated heterocycles. The zero-order valence-electron chi connectivity index (χ0n) is 9.91. The number of carbonyl (C=O) groups is 1. The molecule has 100 valence electrons. The van der Waals surface area contributed by atoms with Gasteiger partial charge in [-0.1, -0.05) is 12.1 Å². The van der Waals surface area contributed by atoms with Gasteiger partial charge in [-0.15, -0.1) is 0 Å².